The van der Waals surface area contributed by atoms with Crippen LogP contribution >= 0.6 is 0 Å². The average molecular weight is 506 g/mol. The molecule has 5 aromatic carbocycles. The molecule has 0 saturated carbocycles. The second-order valence-electron chi connectivity index (χ2n) is 12.3. The van der Waals surface area contributed by atoms with Crippen LogP contribution in [0.5, 0.6) is 11.5 Å². The Morgan fingerprint density at radius 3 is 2.05 bits per heavy atom. The SMILES string of the molecule is Cc1cccc2c1Oc1c(-n3c4ccccc4c4cc5c(cc43)C(C)(C)c3ccccc3-5)cccc1C2(C)C. The molecule has 0 unspecified atom stereocenters. The zero-order valence-corrected chi connectivity index (χ0v) is 23.1. The summed E-state index contributed by atoms with van der Waals surface area (Å²) in [5.74, 6) is 1.94. The van der Waals surface area contributed by atoms with Crippen LogP contribution in [0.3, 0.4) is 0 Å². The number of para-hydroxylation sites is 3. The Labute approximate surface area is 229 Å². The minimum atomic E-state index is -0.172. The fourth-order valence-electron chi connectivity index (χ4n) is 7.25. The molecular formula is C37H31NO. The molecule has 0 fully saturated rings. The number of benzene rings is 5. The van der Waals surface area contributed by atoms with E-state index in [4.69, 9.17) is 4.74 Å². The summed E-state index contributed by atoms with van der Waals surface area (Å²) in [6, 6.07) is 35.7. The normalized spacial score (nSPS) is 15.9. The molecule has 6 aromatic rings. The van der Waals surface area contributed by atoms with E-state index in [2.05, 4.69) is 136 Å². The van der Waals surface area contributed by atoms with E-state index < -0.39 is 0 Å². The molecule has 0 spiro atoms. The van der Waals surface area contributed by atoms with Crippen LogP contribution in [-0.2, 0) is 10.8 Å². The molecule has 1 aromatic heterocycles. The van der Waals surface area contributed by atoms with Crippen LogP contribution in [0.25, 0.3) is 38.6 Å². The third-order valence-corrected chi connectivity index (χ3v) is 9.37. The predicted molar refractivity (Wildman–Crippen MR) is 162 cm³/mol. The van der Waals surface area contributed by atoms with Crippen LogP contribution in [0.1, 0.15) is 55.5 Å². The number of nitrogens with zero attached hydrogens (tertiary/aromatic N) is 1. The summed E-state index contributed by atoms with van der Waals surface area (Å²) < 4.78 is 9.29. The molecule has 2 nitrogen and oxygen atoms in total. The molecular weight excluding hydrogens is 474 g/mol. The monoisotopic (exact) mass is 505 g/mol. The number of aryl methyl sites for hydroxylation is 1. The Morgan fingerprint density at radius 1 is 0.538 bits per heavy atom. The molecule has 0 radical (unpaired) electrons. The molecule has 2 heterocycles. The highest BCUT2D eigenvalue weighted by Gasteiger charge is 2.38. The molecule has 1 aliphatic heterocycles. The van der Waals surface area contributed by atoms with Crippen molar-refractivity contribution in [2.75, 3.05) is 0 Å². The lowest BCUT2D eigenvalue weighted by Gasteiger charge is -2.36. The number of rotatable bonds is 1. The van der Waals surface area contributed by atoms with E-state index in [1.807, 2.05) is 0 Å². The minimum Gasteiger partial charge on any atom is -0.454 e. The second kappa shape index (κ2) is 7.42. The van der Waals surface area contributed by atoms with Gasteiger partial charge in [-0.15, -0.1) is 0 Å². The van der Waals surface area contributed by atoms with Gasteiger partial charge in [-0.2, -0.15) is 0 Å². The molecule has 2 heteroatoms. The van der Waals surface area contributed by atoms with Crippen molar-refractivity contribution in [3.8, 4) is 28.3 Å². The highest BCUT2D eigenvalue weighted by Crippen LogP contribution is 2.54. The van der Waals surface area contributed by atoms with Crippen molar-refractivity contribution < 1.29 is 4.74 Å². The van der Waals surface area contributed by atoms with Gasteiger partial charge in [0.1, 0.15) is 5.75 Å². The summed E-state index contributed by atoms with van der Waals surface area (Å²) in [7, 11) is 0. The molecule has 2 aliphatic rings. The predicted octanol–water partition coefficient (Wildman–Crippen LogP) is 9.83. The van der Waals surface area contributed by atoms with E-state index in [9.17, 15) is 0 Å². The van der Waals surface area contributed by atoms with Gasteiger partial charge in [0, 0.05) is 32.7 Å². The van der Waals surface area contributed by atoms with Crippen molar-refractivity contribution in [2.24, 2.45) is 0 Å². The Bertz CT molecular complexity index is 2000. The first kappa shape index (κ1) is 22.7. The number of aromatic nitrogens is 1. The third-order valence-electron chi connectivity index (χ3n) is 9.37. The van der Waals surface area contributed by atoms with Gasteiger partial charge >= 0.3 is 0 Å². The van der Waals surface area contributed by atoms with Gasteiger partial charge in [-0.25, -0.2) is 0 Å². The first-order chi connectivity index (χ1) is 18.8. The van der Waals surface area contributed by atoms with Gasteiger partial charge in [-0.3, -0.25) is 0 Å². The van der Waals surface area contributed by atoms with Gasteiger partial charge in [0.05, 0.1) is 16.7 Å². The smallest absolute Gasteiger partial charge is 0.155 e. The summed E-state index contributed by atoms with van der Waals surface area (Å²) in [6.07, 6.45) is 0. The van der Waals surface area contributed by atoms with Gasteiger partial charge in [0.2, 0.25) is 0 Å². The van der Waals surface area contributed by atoms with E-state index in [1.54, 1.807) is 0 Å². The maximum Gasteiger partial charge on any atom is 0.155 e. The number of ether oxygens (including phenoxy) is 1. The minimum absolute atomic E-state index is 0.0634. The summed E-state index contributed by atoms with van der Waals surface area (Å²) in [4.78, 5) is 0. The van der Waals surface area contributed by atoms with Crippen molar-refractivity contribution in [2.45, 2.75) is 45.4 Å². The summed E-state index contributed by atoms with van der Waals surface area (Å²) in [6.45, 7) is 11.5. The van der Waals surface area contributed by atoms with Crippen molar-refractivity contribution in [3.63, 3.8) is 0 Å². The molecule has 8 rings (SSSR count). The number of hydrogen-bond acceptors (Lipinski definition) is 1. The summed E-state index contributed by atoms with van der Waals surface area (Å²) in [5, 5.41) is 2.54. The van der Waals surface area contributed by atoms with E-state index in [1.165, 1.54) is 60.8 Å². The quantitative estimate of drug-likeness (QED) is 0.217. The van der Waals surface area contributed by atoms with Gasteiger partial charge in [-0.05, 0) is 59.0 Å². The van der Waals surface area contributed by atoms with Crippen LogP contribution in [0.4, 0.5) is 0 Å². The Morgan fingerprint density at radius 2 is 1.21 bits per heavy atom. The number of fused-ring (bicyclic) bond motifs is 8. The molecule has 0 N–H and O–H groups in total. The molecule has 0 amide bonds. The van der Waals surface area contributed by atoms with E-state index >= 15 is 0 Å². The second-order valence-corrected chi connectivity index (χ2v) is 12.3. The maximum atomic E-state index is 6.86. The summed E-state index contributed by atoms with van der Waals surface area (Å²) in [5.41, 5.74) is 12.4. The summed E-state index contributed by atoms with van der Waals surface area (Å²) >= 11 is 0. The van der Waals surface area contributed by atoms with Crippen LogP contribution in [-0.4, -0.2) is 4.57 Å². The van der Waals surface area contributed by atoms with Crippen LogP contribution in [0, 0.1) is 6.92 Å². The lowest BCUT2D eigenvalue weighted by Crippen LogP contribution is -2.25. The number of hydrogen-bond donors (Lipinski definition) is 0. The van der Waals surface area contributed by atoms with Crippen molar-refractivity contribution >= 4 is 21.8 Å². The van der Waals surface area contributed by atoms with Gasteiger partial charge in [0.15, 0.2) is 5.75 Å². The Balaban J connectivity index is 1.47. The fourth-order valence-corrected chi connectivity index (χ4v) is 7.25. The Kier molecular flexibility index (Phi) is 4.31. The first-order valence-corrected chi connectivity index (χ1v) is 13.9. The van der Waals surface area contributed by atoms with E-state index in [0.29, 0.717) is 0 Å². The van der Waals surface area contributed by atoms with Crippen molar-refractivity contribution in [1.82, 2.24) is 4.57 Å². The van der Waals surface area contributed by atoms with E-state index in [0.717, 1.165) is 17.2 Å². The molecule has 1 aliphatic carbocycles. The van der Waals surface area contributed by atoms with Gasteiger partial charge in [0.25, 0.3) is 0 Å². The molecule has 0 atom stereocenters. The van der Waals surface area contributed by atoms with Crippen molar-refractivity contribution in [1.29, 1.82) is 0 Å². The highest BCUT2D eigenvalue weighted by atomic mass is 16.5. The molecule has 0 saturated heterocycles. The van der Waals surface area contributed by atoms with Gasteiger partial charge in [-0.1, -0.05) is 100 Å². The lowest BCUT2D eigenvalue weighted by atomic mass is 9.75. The van der Waals surface area contributed by atoms with Gasteiger partial charge < -0.3 is 9.30 Å². The zero-order chi connectivity index (χ0) is 26.7. The first-order valence-electron chi connectivity index (χ1n) is 13.9. The molecule has 0 bridgehead atoms. The topological polar surface area (TPSA) is 14.2 Å². The highest BCUT2D eigenvalue weighted by molar-refractivity contribution is 6.11. The maximum absolute atomic E-state index is 6.86. The third kappa shape index (κ3) is 2.81. The van der Waals surface area contributed by atoms with E-state index in [-0.39, 0.29) is 10.8 Å². The molecule has 190 valence electrons. The fraction of sp³-hybridized carbons (Fsp3) is 0.189. The van der Waals surface area contributed by atoms with Crippen molar-refractivity contribution in [3.05, 3.63) is 125 Å². The average Bonchev–Trinajstić information content (AvgIpc) is 3.37. The molecule has 39 heavy (non-hydrogen) atoms. The largest absolute Gasteiger partial charge is 0.454 e. The van der Waals surface area contributed by atoms with Crippen LogP contribution in [0.15, 0.2) is 97.1 Å². The van der Waals surface area contributed by atoms with Crippen LogP contribution in [0.2, 0.25) is 0 Å². The Hall–Kier alpha value is -4.30. The standard InChI is InChI=1S/C37H31NO/c1-22-12-10-16-28-34(22)39-35-29(37(28,4)5)17-11-19-32(35)38-31-18-9-7-14-24(31)26-20-25-23-13-6-8-15-27(23)36(2,3)30(25)21-33(26)38/h6-21H,1-5H3. The van der Waals surface area contributed by atoms with Crippen LogP contribution < -0.4 is 4.74 Å². The zero-order valence-electron chi connectivity index (χ0n) is 23.1. The lowest BCUT2D eigenvalue weighted by molar-refractivity contribution is 0.413.